The molecule has 1 heterocycles. The van der Waals surface area contributed by atoms with Crippen molar-refractivity contribution in [3.8, 4) is 5.75 Å². The first-order valence-electron chi connectivity index (χ1n) is 11.4. The number of hydrogen-bond donors (Lipinski definition) is 1. The van der Waals surface area contributed by atoms with Crippen molar-refractivity contribution in [2.45, 2.75) is 56.9 Å². The molecule has 0 radical (unpaired) electrons. The van der Waals surface area contributed by atoms with Gasteiger partial charge in [0.05, 0.1) is 13.0 Å². The van der Waals surface area contributed by atoms with E-state index >= 15 is 0 Å². The van der Waals surface area contributed by atoms with Gasteiger partial charge in [0.2, 0.25) is 0 Å². The molecule has 3 atom stereocenters. The summed E-state index contributed by atoms with van der Waals surface area (Å²) in [4.78, 5) is 15.2. The molecule has 1 aliphatic heterocycles. The highest BCUT2D eigenvalue weighted by Gasteiger charge is 2.52. The molecule has 2 aliphatic rings. The lowest BCUT2D eigenvalue weighted by Gasteiger charge is -2.56. The quantitative estimate of drug-likeness (QED) is 0.676. The van der Waals surface area contributed by atoms with Gasteiger partial charge in [0.15, 0.2) is 0 Å². The Morgan fingerprint density at radius 3 is 2.77 bits per heavy atom. The van der Waals surface area contributed by atoms with Crippen LogP contribution in [0, 0.1) is 5.92 Å². The minimum absolute atomic E-state index is 0.0579. The van der Waals surface area contributed by atoms with Crippen LogP contribution in [0.2, 0.25) is 0 Å². The average Bonchev–Trinajstić information content (AvgIpc) is 2.74. The number of rotatable bonds is 7. The molecule has 4 nitrogen and oxygen atoms in total. The zero-order chi connectivity index (χ0) is 21.0. The fourth-order valence-electron chi connectivity index (χ4n) is 5.88. The number of esters is 1. The Hall–Kier alpha value is -2.33. The molecule has 30 heavy (non-hydrogen) atoms. The SMILES string of the molecule is CCOC(=O)C[C@@H]1[C@H]2CCC[C@]1(c1cccc(O)c1)CCN2CCc1ccccc1. The molecule has 0 spiro atoms. The summed E-state index contributed by atoms with van der Waals surface area (Å²) in [5.41, 5.74) is 2.49. The molecule has 0 unspecified atom stereocenters. The van der Waals surface area contributed by atoms with Gasteiger partial charge in [0, 0.05) is 18.0 Å². The van der Waals surface area contributed by atoms with Crippen LogP contribution in [0.25, 0.3) is 0 Å². The Balaban J connectivity index is 1.60. The smallest absolute Gasteiger partial charge is 0.306 e. The van der Waals surface area contributed by atoms with Gasteiger partial charge in [-0.2, -0.15) is 0 Å². The summed E-state index contributed by atoms with van der Waals surface area (Å²) in [6.45, 7) is 4.35. The molecule has 4 rings (SSSR count). The topological polar surface area (TPSA) is 49.8 Å². The third-order valence-corrected chi connectivity index (χ3v) is 7.25. The Morgan fingerprint density at radius 2 is 2.00 bits per heavy atom. The number of likely N-dealkylation sites (tertiary alicyclic amines) is 1. The van der Waals surface area contributed by atoms with Gasteiger partial charge in [0.25, 0.3) is 0 Å². The highest BCUT2D eigenvalue weighted by Crippen LogP contribution is 2.52. The summed E-state index contributed by atoms with van der Waals surface area (Å²) in [5.74, 6) is 0.436. The van der Waals surface area contributed by atoms with E-state index in [0.29, 0.717) is 24.8 Å². The highest BCUT2D eigenvalue weighted by molar-refractivity contribution is 5.70. The number of phenols is 1. The largest absolute Gasteiger partial charge is 0.508 e. The van der Waals surface area contributed by atoms with E-state index in [1.807, 2.05) is 19.1 Å². The van der Waals surface area contributed by atoms with Gasteiger partial charge >= 0.3 is 5.97 Å². The summed E-state index contributed by atoms with van der Waals surface area (Å²) in [6, 6.07) is 18.7. The van der Waals surface area contributed by atoms with Crippen LogP contribution in [-0.4, -0.2) is 41.7 Å². The predicted octanol–water partition coefficient (Wildman–Crippen LogP) is 4.70. The van der Waals surface area contributed by atoms with E-state index in [9.17, 15) is 9.90 Å². The Kier molecular flexibility index (Phi) is 6.43. The van der Waals surface area contributed by atoms with Gasteiger partial charge in [-0.25, -0.2) is 0 Å². The summed E-state index contributed by atoms with van der Waals surface area (Å²) in [6.07, 6.45) is 5.86. The summed E-state index contributed by atoms with van der Waals surface area (Å²) >= 11 is 0. The van der Waals surface area contributed by atoms with Crippen LogP contribution in [0.1, 0.15) is 50.2 Å². The summed E-state index contributed by atoms with van der Waals surface area (Å²) in [7, 11) is 0. The molecule has 160 valence electrons. The van der Waals surface area contributed by atoms with Crippen LogP contribution in [0.3, 0.4) is 0 Å². The van der Waals surface area contributed by atoms with Crippen molar-refractivity contribution in [3.63, 3.8) is 0 Å². The molecule has 0 aromatic heterocycles. The second-order valence-electron chi connectivity index (χ2n) is 8.80. The van der Waals surface area contributed by atoms with E-state index in [1.54, 1.807) is 6.07 Å². The normalized spacial score (nSPS) is 26.3. The van der Waals surface area contributed by atoms with E-state index in [-0.39, 0.29) is 17.3 Å². The van der Waals surface area contributed by atoms with Crippen LogP contribution < -0.4 is 0 Å². The fraction of sp³-hybridized carbons (Fsp3) is 0.500. The first-order valence-corrected chi connectivity index (χ1v) is 11.4. The van der Waals surface area contributed by atoms with Crippen molar-refractivity contribution in [3.05, 3.63) is 65.7 Å². The van der Waals surface area contributed by atoms with Crippen molar-refractivity contribution < 1.29 is 14.6 Å². The van der Waals surface area contributed by atoms with Gasteiger partial charge in [-0.05, 0) is 68.3 Å². The molecule has 4 heteroatoms. The van der Waals surface area contributed by atoms with Crippen molar-refractivity contribution in [2.75, 3.05) is 19.7 Å². The van der Waals surface area contributed by atoms with Gasteiger partial charge in [-0.3, -0.25) is 9.69 Å². The number of ether oxygens (including phenoxy) is 1. The monoisotopic (exact) mass is 407 g/mol. The van der Waals surface area contributed by atoms with Gasteiger partial charge in [0.1, 0.15) is 5.75 Å². The molecule has 1 saturated carbocycles. The maximum atomic E-state index is 12.6. The number of benzene rings is 2. The van der Waals surface area contributed by atoms with Crippen LogP contribution in [0.15, 0.2) is 54.6 Å². The van der Waals surface area contributed by atoms with E-state index in [1.165, 1.54) is 11.1 Å². The van der Waals surface area contributed by atoms with Gasteiger partial charge in [-0.1, -0.05) is 48.9 Å². The third kappa shape index (κ3) is 4.24. The Bertz CT molecular complexity index is 852. The van der Waals surface area contributed by atoms with E-state index < -0.39 is 0 Å². The molecule has 1 saturated heterocycles. The second-order valence-corrected chi connectivity index (χ2v) is 8.80. The van der Waals surface area contributed by atoms with Gasteiger partial charge < -0.3 is 9.84 Å². The number of nitrogens with zero attached hydrogens (tertiary/aromatic N) is 1. The molecule has 2 aromatic rings. The zero-order valence-electron chi connectivity index (χ0n) is 17.9. The number of hydrogen-bond acceptors (Lipinski definition) is 4. The molecular formula is C26H33NO3. The maximum Gasteiger partial charge on any atom is 0.306 e. The zero-order valence-corrected chi connectivity index (χ0v) is 17.9. The fourth-order valence-corrected chi connectivity index (χ4v) is 5.88. The first kappa shape index (κ1) is 20.9. The van der Waals surface area contributed by atoms with Crippen molar-refractivity contribution in [1.29, 1.82) is 0 Å². The van der Waals surface area contributed by atoms with E-state index in [4.69, 9.17) is 4.74 Å². The minimum Gasteiger partial charge on any atom is -0.508 e. The van der Waals surface area contributed by atoms with Crippen LogP contribution in [0.5, 0.6) is 5.75 Å². The number of piperidine rings is 1. The highest BCUT2D eigenvalue weighted by atomic mass is 16.5. The lowest BCUT2D eigenvalue weighted by Crippen LogP contribution is -2.59. The molecule has 2 fully saturated rings. The van der Waals surface area contributed by atoms with Crippen LogP contribution in [0.4, 0.5) is 0 Å². The Morgan fingerprint density at radius 1 is 1.17 bits per heavy atom. The van der Waals surface area contributed by atoms with Crippen molar-refractivity contribution >= 4 is 5.97 Å². The predicted molar refractivity (Wildman–Crippen MR) is 118 cm³/mol. The Labute approximate surface area is 179 Å². The molecular weight excluding hydrogens is 374 g/mol. The first-order chi connectivity index (χ1) is 14.6. The number of phenolic OH excluding ortho intramolecular Hbond substituents is 1. The van der Waals surface area contributed by atoms with Crippen molar-refractivity contribution in [1.82, 2.24) is 4.90 Å². The molecule has 0 amide bonds. The lowest BCUT2D eigenvalue weighted by atomic mass is 9.56. The number of fused-ring (bicyclic) bond motifs is 2. The number of aromatic hydroxyl groups is 1. The number of carbonyl (C=O) groups is 1. The minimum atomic E-state index is -0.0937. The molecule has 1 N–H and O–H groups in total. The molecule has 1 aliphatic carbocycles. The second kappa shape index (κ2) is 9.22. The van der Waals surface area contributed by atoms with E-state index in [2.05, 4.69) is 41.3 Å². The molecule has 2 aromatic carbocycles. The average molecular weight is 408 g/mol. The lowest BCUT2D eigenvalue weighted by molar-refractivity contribution is -0.147. The summed E-state index contributed by atoms with van der Waals surface area (Å²) < 4.78 is 5.37. The summed E-state index contributed by atoms with van der Waals surface area (Å²) in [5, 5.41) is 10.2. The van der Waals surface area contributed by atoms with Crippen molar-refractivity contribution in [2.24, 2.45) is 5.92 Å². The standard InChI is InChI=1S/C26H33NO3/c1-2-30-25(29)19-23-24-12-7-14-26(23,21-10-6-11-22(28)18-21)15-17-27(24)16-13-20-8-4-3-5-9-20/h3-6,8-11,18,23-24,28H,2,7,12-17,19H2,1H3/t23-,24-,26-/m1/s1. The number of carbonyl (C=O) groups excluding carboxylic acids is 1. The van der Waals surface area contributed by atoms with Crippen LogP contribution in [-0.2, 0) is 21.4 Å². The third-order valence-electron chi connectivity index (χ3n) is 7.25. The molecule has 2 bridgehead atoms. The van der Waals surface area contributed by atoms with E-state index in [0.717, 1.165) is 45.2 Å². The maximum absolute atomic E-state index is 12.6. The van der Waals surface area contributed by atoms with Crippen LogP contribution >= 0.6 is 0 Å². The van der Waals surface area contributed by atoms with Gasteiger partial charge in [-0.15, -0.1) is 0 Å².